The molecule has 27 heavy (non-hydrogen) atoms. The van der Waals surface area contributed by atoms with E-state index in [0.29, 0.717) is 10.7 Å². The molecule has 0 aliphatic carbocycles. The van der Waals surface area contributed by atoms with Crippen molar-refractivity contribution in [2.24, 2.45) is 0 Å². The van der Waals surface area contributed by atoms with Crippen molar-refractivity contribution in [1.29, 1.82) is 0 Å². The van der Waals surface area contributed by atoms with Crippen LogP contribution >= 0.6 is 23.2 Å². The smallest absolute Gasteiger partial charge is 0.422 e. The van der Waals surface area contributed by atoms with Crippen LogP contribution in [0.2, 0.25) is 10.0 Å². The predicted molar refractivity (Wildman–Crippen MR) is 94.3 cm³/mol. The molecule has 2 aromatic rings. The van der Waals surface area contributed by atoms with Crippen LogP contribution in [0.25, 0.3) is 0 Å². The maximum absolute atomic E-state index is 12.1. The molecule has 0 aliphatic rings. The lowest BCUT2D eigenvalue weighted by molar-refractivity contribution is -0.153. The number of hydrogen-bond donors (Lipinski definition) is 1. The summed E-state index contributed by atoms with van der Waals surface area (Å²) < 4.78 is 46.2. The number of benzene rings is 1. The van der Waals surface area contributed by atoms with Crippen molar-refractivity contribution in [2.75, 3.05) is 13.2 Å². The minimum Gasteiger partial charge on any atom is -0.483 e. The fraction of sp³-hybridized carbons (Fsp3) is 0.294. The number of aromatic nitrogens is 1. The lowest BCUT2D eigenvalue weighted by Crippen LogP contribution is -2.31. The Bertz CT molecular complexity index is 786. The normalized spacial score (nSPS) is 12.4. The first-order valence-corrected chi connectivity index (χ1v) is 8.43. The van der Waals surface area contributed by atoms with Gasteiger partial charge in [0.2, 0.25) is 0 Å². The number of hydrogen-bond acceptors (Lipinski definition) is 4. The van der Waals surface area contributed by atoms with E-state index >= 15 is 0 Å². The Balaban J connectivity index is 1.86. The summed E-state index contributed by atoms with van der Waals surface area (Å²) in [6.45, 7) is -0.0241. The maximum atomic E-state index is 12.1. The number of carbonyl (C=O) groups is 1. The van der Waals surface area contributed by atoms with Crippen LogP contribution in [0.1, 0.15) is 18.7 Å². The van der Waals surface area contributed by atoms with Gasteiger partial charge in [-0.1, -0.05) is 29.3 Å². The molecular weight excluding hydrogens is 408 g/mol. The third-order valence-electron chi connectivity index (χ3n) is 3.26. The quantitative estimate of drug-likeness (QED) is 0.708. The highest BCUT2D eigenvalue weighted by Crippen LogP contribution is 2.31. The molecule has 0 radical (unpaired) electrons. The van der Waals surface area contributed by atoms with Crippen molar-refractivity contribution in [3.63, 3.8) is 0 Å². The number of nitrogens with one attached hydrogen (secondary N) is 1. The van der Waals surface area contributed by atoms with Gasteiger partial charge in [0.1, 0.15) is 16.5 Å². The second-order valence-electron chi connectivity index (χ2n) is 5.45. The SMILES string of the molecule is C[C@@H](NC(=O)COc1cccc(Cl)c1Cl)c1ccc(OCC(F)(F)F)cn1. The molecule has 0 bridgehead atoms. The highest BCUT2D eigenvalue weighted by molar-refractivity contribution is 6.42. The minimum absolute atomic E-state index is 0.0199. The molecule has 10 heteroatoms. The average molecular weight is 423 g/mol. The van der Waals surface area contributed by atoms with Crippen molar-refractivity contribution < 1.29 is 27.4 Å². The molecule has 1 amide bonds. The van der Waals surface area contributed by atoms with Crippen molar-refractivity contribution in [3.05, 3.63) is 52.3 Å². The van der Waals surface area contributed by atoms with E-state index in [0.717, 1.165) is 6.20 Å². The molecule has 0 unspecified atom stereocenters. The van der Waals surface area contributed by atoms with Crippen LogP contribution in [0.15, 0.2) is 36.5 Å². The molecule has 0 saturated carbocycles. The zero-order valence-electron chi connectivity index (χ0n) is 14.0. The summed E-state index contributed by atoms with van der Waals surface area (Å²) in [6, 6.07) is 7.12. The van der Waals surface area contributed by atoms with Gasteiger partial charge in [-0.15, -0.1) is 0 Å². The monoisotopic (exact) mass is 422 g/mol. The highest BCUT2D eigenvalue weighted by atomic mass is 35.5. The van der Waals surface area contributed by atoms with Gasteiger partial charge < -0.3 is 14.8 Å². The van der Waals surface area contributed by atoms with Crippen molar-refractivity contribution >= 4 is 29.1 Å². The molecule has 0 spiro atoms. The van der Waals surface area contributed by atoms with Crippen LogP contribution in [0, 0.1) is 0 Å². The molecule has 2 rings (SSSR count). The zero-order valence-corrected chi connectivity index (χ0v) is 15.5. The number of amides is 1. The van der Waals surface area contributed by atoms with E-state index in [1.807, 2.05) is 0 Å². The van der Waals surface area contributed by atoms with Crippen LogP contribution in [0.4, 0.5) is 13.2 Å². The molecule has 0 aliphatic heterocycles. The van der Waals surface area contributed by atoms with E-state index in [2.05, 4.69) is 15.0 Å². The molecule has 1 atom stereocenters. The molecule has 0 saturated heterocycles. The number of carbonyl (C=O) groups excluding carboxylic acids is 1. The lowest BCUT2D eigenvalue weighted by Gasteiger charge is -2.15. The molecule has 1 aromatic carbocycles. The summed E-state index contributed by atoms with van der Waals surface area (Å²) in [6.07, 6.45) is -3.27. The first kappa shape index (κ1) is 21.1. The van der Waals surface area contributed by atoms with Gasteiger partial charge in [0, 0.05) is 0 Å². The van der Waals surface area contributed by atoms with E-state index < -0.39 is 24.7 Å². The summed E-state index contributed by atoms with van der Waals surface area (Å²) in [5, 5.41) is 3.16. The van der Waals surface area contributed by atoms with Gasteiger partial charge >= 0.3 is 6.18 Å². The zero-order chi connectivity index (χ0) is 20.0. The lowest BCUT2D eigenvalue weighted by atomic mass is 10.2. The van der Waals surface area contributed by atoms with Crippen LogP contribution in [-0.4, -0.2) is 30.3 Å². The number of nitrogens with zero attached hydrogens (tertiary/aromatic N) is 1. The van der Waals surface area contributed by atoms with E-state index in [9.17, 15) is 18.0 Å². The van der Waals surface area contributed by atoms with Crippen LogP contribution in [0.5, 0.6) is 11.5 Å². The standard InChI is InChI=1S/C17H15Cl2F3N2O3/c1-10(13-6-5-11(7-23-13)27-9-17(20,21)22)24-15(25)8-26-14-4-2-3-12(18)16(14)19/h2-7,10H,8-9H2,1H3,(H,24,25)/t10-/m1/s1. The number of rotatable bonds is 7. The fourth-order valence-corrected chi connectivity index (χ4v) is 2.34. The van der Waals surface area contributed by atoms with E-state index in [1.165, 1.54) is 12.1 Å². The van der Waals surface area contributed by atoms with Gasteiger partial charge in [0.05, 0.1) is 23.0 Å². The summed E-state index contributed by atoms with van der Waals surface area (Å²) in [5.41, 5.74) is 0.448. The largest absolute Gasteiger partial charge is 0.483 e. The van der Waals surface area contributed by atoms with Gasteiger partial charge in [-0.25, -0.2) is 0 Å². The van der Waals surface area contributed by atoms with E-state index in [1.54, 1.807) is 25.1 Å². The second kappa shape index (κ2) is 9.14. The highest BCUT2D eigenvalue weighted by Gasteiger charge is 2.28. The average Bonchev–Trinajstić information content (AvgIpc) is 2.61. The first-order chi connectivity index (χ1) is 12.7. The summed E-state index contributed by atoms with van der Waals surface area (Å²) in [5.74, 6) is -0.178. The Morgan fingerprint density at radius 3 is 2.59 bits per heavy atom. The van der Waals surface area contributed by atoms with Crippen molar-refractivity contribution in [2.45, 2.75) is 19.1 Å². The van der Waals surface area contributed by atoms with Crippen LogP contribution in [0.3, 0.4) is 0 Å². The summed E-state index contributed by atoms with van der Waals surface area (Å²) >= 11 is 11.8. The number of alkyl halides is 3. The molecular formula is C17H15Cl2F3N2O3. The third kappa shape index (κ3) is 6.80. The first-order valence-electron chi connectivity index (χ1n) is 7.67. The maximum Gasteiger partial charge on any atom is 0.422 e. The van der Waals surface area contributed by atoms with Gasteiger partial charge in [-0.05, 0) is 31.2 Å². The molecule has 0 fully saturated rings. The number of ether oxygens (including phenoxy) is 2. The second-order valence-corrected chi connectivity index (χ2v) is 6.24. The van der Waals surface area contributed by atoms with Gasteiger partial charge in [-0.3, -0.25) is 9.78 Å². The topological polar surface area (TPSA) is 60.5 Å². The van der Waals surface area contributed by atoms with E-state index in [4.69, 9.17) is 27.9 Å². The predicted octanol–water partition coefficient (Wildman–Crippen LogP) is 4.59. The Morgan fingerprint density at radius 1 is 1.22 bits per heavy atom. The van der Waals surface area contributed by atoms with Crippen molar-refractivity contribution in [3.8, 4) is 11.5 Å². The molecule has 1 aromatic heterocycles. The Kier molecular flexibility index (Phi) is 7.15. The van der Waals surface area contributed by atoms with Crippen molar-refractivity contribution in [1.82, 2.24) is 10.3 Å². The van der Waals surface area contributed by atoms with Gasteiger partial charge in [-0.2, -0.15) is 13.2 Å². The molecule has 1 heterocycles. The Hall–Kier alpha value is -2.19. The van der Waals surface area contributed by atoms with Gasteiger partial charge in [0.15, 0.2) is 13.2 Å². The third-order valence-corrected chi connectivity index (χ3v) is 4.06. The Labute approximate surface area is 163 Å². The minimum atomic E-state index is -4.42. The van der Waals surface area contributed by atoms with Crippen LogP contribution in [-0.2, 0) is 4.79 Å². The number of halogens is 5. The molecule has 146 valence electrons. The van der Waals surface area contributed by atoms with E-state index in [-0.39, 0.29) is 23.1 Å². The molecule has 1 N–H and O–H groups in total. The summed E-state index contributed by atoms with van der Waals surface area (Å²) in [7, 11) is 0. The van der Waals surface area contributed by atoms with Gasteiger partial charge in [0.25, 0.3) is 5.91 Å². The summed E-state index contributed by atoms with van der Waals surface area (Å²) in [4.78, 5) is 16.0. The number of pyridine rings is 1. The Morgan fingerprint density at radius 2 is 1.96 bits per heavy atom. The van der Waals surface area contributed by atoms with Crippen LogP contribution < -0.4 is 14.8 Å². The molecule has 5 nitrogen and oxygen atoms in total. The fourth-order valence-electron chi connectivity index (χ4n) is 1.99.